The molecule has 1 atom stereocenters. The number of amides is 1. The Morgan fingerprint density at radius 2 is 1.97 bits per heavy atom. The fourth-order valence-corrected chi connectivity index (χ4v) is 7.65. The summed E-state index contributed by atoms with van der Waals surface area (Å²) in [6.07, 6.45) is 1.78. The number of halogens is 1. The van der Waals surface area contributed by atoms with Crippen LogP contribution in [0, 0.1) is 15.5 Å². The third-order valence-corrected chi connectivity index (χ3v) is 9.34. The Morgan fingerprint density at radius 1 is 1.26 bits per heavy atom. The highest BCUT2D eigenvalue weighted by Gasteiger charge is 2.26. The van der Waals surface area contributed by atoms with Crippen LogP contribution in [-0.4, -0.2) is 27.1 Å². The van der Waals surface area contributed by atoms with Gasteiger partial charge in [0.2, 0.25) is 0 Å². The second-order valence-electron chi connectivity index (χ2n) is 6.07. The van der Waals surface area contributed by atoms with Crippen molar-refractivity contribution in [2.75, 3.05) is 6.26 Å². The lowest BCUT2D eigenvalue weighted by Crippen LogP contribution is -2.09. The van der Waals surface area contributed by atoms with E-state index in [0.717, 1.165) is 6.07 Å². The van der Waals surface area contributed by atoms with Crippen LogP contribution in [0.25, 0.3) is 0 Å². The van der Waals surface area contributed by atoms with Gasteiger partial charge in [-0.15, -0.1) is 27.5 Å². The number of hydrogen-bond acceptors (Lipinski definition) is 7. The predicted molar refractivity (Wildman–Crippen MR) is 126 cm³/mol. The fourth-order valence-electron chi connectivity index (χ4n) is 2.62. The van der Waals surface area contributed by atoms with E-state index in [1.807, 2.05) is 0 Å². The van der Waals surface area contributed by atoms with Gasteiger partial charge in [0.15, 0.2) is 0 Å². The Balaban J connectivity index is 2.29. The van der Waals surface area contributed by atoms with Crippen LogP contribution in [0.2, 0.25) is 0 Å². The van der Waals surface area contributed by atoms with E-state index >= 15 is 0 Å². The summed E-state index contributed by atoms with van der Waals surface area (Å²) in [5.41, 5.74) is 5.30. The SMILES string of the molecule is CSc1sc(C(=N)N)cc1S(=O)(=NC(=O)c1cccc([N+](=O)[O-])c1)c1cccc(Br)c1. The van der Waals surface area contributed by atoms with Gasteiger partial charge >= 0.3 is 0 Å². The van der Waals surface area contributed by atoms with Crippen LogP contribution in [-0.2, 0) is 9.73 Å². The molecule has 31 heavy (non-hydrogen) atoms. The molecule has 1 heterocycles. The van der Waals surface area contributed by atoms with Gasteiger partial charge in [0.25, 0.3) is 11.6 Å². The van der Waals surface area contributed by atoms with Gasteiger partial charge in [0.1, 0.15) is 15.6 Å². The van der Waals surface area contributed by atoms with Crippen LogP contribution < -0.4 is 5.73 Å². The van der Waals surface area contributed by atoms with Crippen LogP contribution in [0.3, 0.4) is 0 Å². The minimum atomic E-state index is -3.49. The molecular weight excluding hydrogens is 524 g/mol. The number of nitrogens with two attached hydrogens (primary N) is 1. The molecule has 0 bridgehead atoms. The Morgan fingerprint density at radius 3 is 2.58 bits per heavy atom. The van der Waals surface area contributed by atoms with Gasteiger partial charge in [-0.3, -0.25) is 20.3 Å². The van der Waals surface area contributed by atoms with Crippen LogP contribution in [0.15, 0.2) is 77.4 Å². The Hall–Kier alpha value is -2.54. The lowest BCUT2D eigenvalue weighted by atomic mass is 10.2. The molecule has 1 amide bonds. The van der Waals surface area contributed by atoms with Crippen molar-refractivity contribution in [1.29, 1.82) is 5.41 Å². The quantitative estimate of drug-likeness (QED) is 0.146. The predicted octanol–water partition coefficient (Wildman–Crippen LogP) is 5.15. The minimum absolute atomic E-state index is 0.0513. The molecule has 0 aliphatic rings. The maximum Gasteiger partial charge on any atom is 0.285 e. The van der Waals surface area contributed by atoms with E-state index in [1.165, 1.54) is 47.4 Å². The first kappa shape index (κ1) is 23.1. The number of thioether (sulfide) groups is 1. The number of carbonyl (C=O) groups is 1. The van der Waals surface area contributed by atoms with Crippen molar-refractivity contribution in [2.24, 2.45) is 10.1 Å². The summed E-state index contributed by atoms with van der Waals surface area (Å²) < 4.78 is 19.6. The number of non-ortho nitro benzene ring substituents is 1. The highest BCUT2D eigenvalue weighted by Crippen LogP contribution is 2.38. The van der Waals surface area contributed by atoms with Gasteiger partial charge in [-0.2, -0.15) is 0 Å². The Labute approximate surface area is 194 Å². The number of hydrogen-bond donors (Lipinski definition) is 2. The van der Waals surface area contributed by atoms with Crippen molar-refractivity contribution < 1.29 is 13.9 Å². The fraction of sp³-hybridized carbons (Fsp3) is 0.0526. The first-order valence-corrected chi connectivity index (χ1v) is 12.8. The summed E-state index contributed by atoms with van der Waals surface area (Å²) in [6.45, 7) is 0. The first-order chi connectivity index (χ1) is 14.7. The zero-order chi connectivity index (χ0) is 22.8. The number of nitro benzene ring substituents is 1. The summed E-state index contributed by atoms with van der Waals surface area (Å²) in [5, 5.41) is 18.8. The number of nitrogen functional groups attached to an aromatic ring is 1. The maximum atomic E-state index is 14.3. The largest absolute Gasteiger partial charge is 0.383 e. The molecule has 0 saturated carbocycles. The van der Waals surface area contributed by atoms with Crippen LogP contribution in [0.5, 0.6) is 0 Å². The summed E-state index contributed by atoms with van der Waals surface area (Å²) in [4.78, 5) is 24.4. The first-order valence-electron chi connectivity index (χ1n) is 8.49. The molecule has 3 N–H and O–H groups in total. The molecule has 0 aliphatic carbocycles. The topological polar surface area (TPSA) is 140 Å². The molecule has 1 aromatic heterocycles. The smallest absolute Gasteiger partial charge is 0.285 e. The van der Waals surface area contributed by atoms with Gasteiger partial charge in [-0.05, 0) is 36.6 Å². The van der Waals surface area contributed by atoms with Crippen molar-refractivity contribution in [3.8, 4) is 0 Å². The lowest BCUT2D eigenvalue weighted by Gasteiger charge is -2.11. The van der Waals surface area contributed by atoms with Crippen molar-refractivity contribution in [1.82, 2.24) is 0 Å². The second kappa shape index (κ2) is 9.30. The standard InChI is InChI=1S/C19H15BrN4O4S3/c1-29-19-16(10-15(30-19)17(21)22)31(28,14-7-3-5-12(20)9-14)23-18(25)11-4-2-6-13(8-11)24(26)27/h2-10H,1H3,(H3,21,22). The van der Waals surface area contributed by atoms with Gasteiger partial charge in [0.05, 0.1) is 23.8 Å². The number of thiophene rings is 1. The monoisotopic (exact) mass is 538 g/mol. The molecule has 0 spiro atoms. The molecular formula is C19H15BrN4O4S3. The molecule has 0 aliphatic heterocycles. The Bertz CT molecular complexity index is 1330. The highest BCUT2D eigenvalue weighted by molar-refractivity contribution is 9.10. The number of amidine groups is 1. The lowest BCUT2D eigenvalue weighted by molar-refractivity contribution is -0.384. The van der Waals surface area contributed by atoms with Crippen molar-refractivity contribution in [2.45, 2.75) is 14.0 Å². The molecule has 3 rings (SSSR count). The van der Waals surface area contributed by atoms with E-state index in [0.29, 0.717) is 13.6 Å². The number of nitro groups is 1. The average Bonchev–Trinajstić information content (AvgIpc) is 3.19. The molecule has 0 saturated heterocycles. The molecule has 160 valence electrons. The third-order valence-electron chi connectivity index (χ3n) is 4.05. The van der Waals surface area contributed by atoms with Crippen LogP contribution >= 0.6 is 39.0 Å². The number of carbonyl (C=O) groups excluding carboxylic acids is 1. The third kappa shape index (κ3) is 4.87. The van der Waals surface area contributed by atoms with E-state index < -0.39 is 20.6 Å². The summed E-state index contributed by atoms with van der Waals surface area (Å²) in [7, 11) is -3.49. The van der Waals surface area contributed by atoms with Gasteiger partial charge in [-0.25, -0.2) is 4.21 Å². The zero-order valence-electron chi connectivity index (χ0n) is 15.9. The molecule has 3 aromatic rings. The average molecular weight is 539 g/mol. The van der Waals surface area contributed by atoms with Crippen molar-refractivity contribution >= 4 is 66.2 Å². The summed E-state index contributed by atoms with van der Waals surface area (Å²) in [6, 6.07) is 13.2. The zero-order valence-corrected chi connectivity index (χ0v) is 19.9. The molecule has 8 nitrogen and oxygen atoms in total. The van der Waals surface area contributed by atoms with Crippen LogP contribution in [0.4, 0.5) is 5.69 Å². The minimum Gasteiger partial charge on any atom is -0.383 e. The molecule has 2 aromatic carbocycles. The number of nitrogens with one attached hydrogen (secondary N) is 1. The Kier molecular flexibility index (Phi) is 6.94. The van der Waals surface area contributed by atoms with Crippen molar-refractivity contribution in [3.63, 3.8) is 0 Å². The normalized spacial score (nSPS) is 12.7. The molecule has 0 radical (unpaired) electrons. The van der Waals surface area contributed by atoms with Gasteiger partial charge in [-0.1, -0.05) is 28.1 Å². The number of rotatable bonds is 6. The van der Waals surface area contributed by atoms with E-state index in [2.05, 4.69) is 20.3 Å². The summed E-state index contributed by atoms with van der Waals surface area (Å²) >= 11 is 5.83. The van der Waals surface area contributed by atoms with Crippen molar-refractivity contribution in [3.05, 3.63) is 79.6 Å². The number of nitrogens with zero attached hydrogens (tertiary/aromatic N) is 2. The van der Waals surface area contributed by atoms with Crippen LogP contribution in [0.1, 0.15) is 15.2 Å². The van der Waals surface area contributed by atoms with E-state index in [4.69, 9.17) is 11.1 Å². The molecule has 12 heteroatoms. The molecule has 1 unspecified atom stereocenters. The highest BCUT2D eigenvalue weighted by atomic mass is 79.9. The second-order valence-corrected chi connectivity index (χ2v) is 11.3. The maximum absolute atomic E-state index is 14.3. The number of benzene rings is 2. The van der Waals surface area contributed by atoms with E-state index in [9.17, 15) is 19.1 Å². The van der Waals surface area contributed by atoms with Gasteiger partial charge < -0.3 is 5.73 Å². The van der Waals surface area contributed by atoms with E-state index in [1.54, 1.807) is 30.5 Å². The van der Waals surface area contributed by atoms with Gasteiger partial charge in [0, 0.05) is 22.2 Å². The van der Waals surface area contributed by atoms with E-state index in [-0.39, 0.29) is 26.9 Å². The summed E-state index contributed by atoms with van der Waals surface area (Å²) in [5.74, 6) is -1.04. The molecule has 0 fully saturated rings.